The summed E-state index contributed by atoms with van der Waals surface area (Å²) in [7, 11) is -12.3. The Hall–Kier alpha value is -10.6. The zero-order valence-corrected chi connectivity index (χ0v) is 88.1. The second-order valence-electron chi connectivity index (χ2n) is 38.6. The van der Waals surface area contributed by atoms with Crippen molar-refractivity contribution in [2.75, 3.05) is 56.6 Å². The van der Waals surface area contributed by atoms with Gasteiger partial charge < -0.3 is 63.7 Å². The highest BCUT2D eigenvalue weighted by Crippen LogP contribution is 2.53. The van der Waals surface area contributed by atoms with Crippen molar-refractivity contribution in [1.82, 2.24) is 22.8 Å². The van der Waals surface area contributed by atoms with Crippen molar-refractivity contribution in [2.45, 2.75) is 219 Å². The standard InChI is InChI=1S/C21H27FN2O5S.2C20H24ClFN2O5S.C20H25FN2O4S.C19H22F2N2O4S/c1-13-4-5-15(17(22)8-13)10-19-18(9-14(2)20(27)24(19)3)23-30(28,29)21(6-7-21)11-16(26)12-25;2*1-12-3-4-13(16(22)7-12)8-18-17(9-15(21)19(27)24(18)2)23-30(28,29)20(5-6-20)10-14(26)11-25;1-13-4-5-15(16(21)10-13)12-18-17(11-14(2)19(25)23(18)3)22-28(26,27)20(6-7-20)8-9-24;1-12-3-4-13(14(20)9-12)10-17-16(11-15(21)18(25)23(17)2)22-28(26,27)19(5-6-19)7-8-24/h4-5,8-9,16,23,25-26H,6-7,10-12H2,1-3H3;2*3-4,7,9,14,23,25-26H,5-6,8,10-11H2,1-2H3;4-5,10-11,22,24H,6-9,12H2,1-3H3;3-4,9,11,22,24H,5-8,10H2,1-2H3/t16-;2*14-;;/m010../s1. The number of rotatable bonds is 38. The quantitative estimate of drug-likeness (QED) is 0.0160. The van der Waals surface area contributed by atoms with Gasteiger partial charge in [-0.2, -0.15) is 0 Å². The van der Waals surface area contributed by atoms with E-state index in [2.05, 4.69) is 23.6 Å². The maximum absolute atomic E-state index is 14.4. The highest BCUT2D eigenvalue weighted by molar-refractivity contribution is 7.95. The molecule has 3 atom stereocenters. The Kier molecular flexibility index (Phi) is 36.4. The molecule has 5 saturated carbocycles. The van der Waals surface area contributed by atoms with E-state index in [1.807, 2.05) is 0 Å². The first-order valence-electron chi connectivity index (χ1n) is 46.7. The maximum Gasteiger partial charge on any atom is 0.286 e. The van der Waals surface area contributed by atoms with Crippen molar-refractivity contribution >= 4 is 102 Å². The molecule has 10 aromatic rings. The third kappa shape index (κ3) is 26.3. The molecule has 5 aromatic carbocycles. The van der Waals surface area contributed by atoms with Crippen LogP contribution in [-0.4, -0.2) is 181 Å². The average molecular weight is 2180 g/mol. The topological polar surface area (TPSA) is 503 Å². The summed E-state index contributed by atoms with van der Waals surface area (Å²) >= 11 is 12.0. The van der Waals surface area contributed by atoms with E-state index in [9.17, 15) is 113 Å². The van der Waals surface area contributed by atoms with Crippen LogP contribution < -0.4 is 51.4 Å². The van der Waals surface area contributed by atoms with Crippen LogP contribution in [0.5, 0.6) is 0 Å². The van der Waals surface area contributed by atoms with E-state index in [4.69, 9.17) is 43.6 Å². The third-order valence-electron chi connectivity index (χ3n) is 27.5. The molecule has 0 radical (unpaired) electrons. The summed E-state index contributed by atoms with van der Waals surface area (Å²) in [6.45, 7) is 9.87. The predicted octanol–water partition coefficient (Wildman–Crippen LogP) is 10.5. The lowest BCUT2D eigenvalue weighted by molar-refractivity contribution is 0.0858. The molecule has 146 heavy (non-hydrogen) atoms. The number of hydrogen-bond acceptors (Lipinski definition) is 23. The van der Waals surface area contributed by atoms with Gasteiger partial charge in [0, 0.05) is 126 Å². The fraction of sp³-hybridized carbons (Fsp3) is 0.450. The van der Waals surface area contributed by atoms with E-state index in [0.717, 1.165) is 38.5 Å². The van der Waals surface area contributed by atoms with Gasteiger partial charge in [-0.05, 0) is 255 Å². The molecule has 5 aliphatic rings. The first-order valence-corrected chi connectivity index (χ1v) is 54.9. The average Bonchev–Trinajstić information content (AvgIpc) is 1.59. The Morgan fingerprint density at radius 1 is 0.295 bits per heavy atom. The summed E-state index contributed by atoms with van der Waals surface area (Å²) in [5, 5.41) is 74.5. The Morgan fingerprint density at radius 3 is 0.699 bits per heavy atom. The summed E-state index contributed by atoms with van der Waals surface area (Å²) in [6, 6.07) is 29.7. The van der Waals surface area contributed by atoms with E-state index in [-0.39, 0.29) is 150 Å². The van der Waals surface area contributed by atoms with E-state index >= 15 is 0 Å². The number of aromatic nitrogens is 5. The first-order chi connectivity index (χ1) is 68.2. The maximum atomic E-state index is 14.4. The smallest absolute Gasteiger partial charge is 0.286 e. The zero-order chi connectivity index (χ0) is 108. The van der Waals surface area contributed by atoms with Crippen LogP contribution in [0.3, 0.4) is 0 Å². The van der Waals surface area contributed by atoms with E-state index in [1.54, 1.807) is 116 Å². The molecule has 0 aliphatic heterocycles. The van der Waals surface area contributed by atoms with Crippen LogP contribution in [0.2, 0.25) is 10.0 Å². The van der Waals surface area contributed by atoms with E-state index in [0.29, 0.717) is 109 Å². The molecule has 0 bridgehead atoms. The lowest BCUT2D eigenvalue weighted by Gasteiger charge is -2.22. The van der Waals surface area contributed by atoms with Gasteiger partial charge in [0.2, 0.25) is 50.1 Å². The summed E-state index contributed by atoms with van der Waals surface area (Å²) in [5.74, 6) is -3.36. The highest BCUT2D eigenvalue weighted by Gasteiger charge is 2.59. The number of aliphatic hydroxyl groups is 8. The van der Waals surface area contributed by atoms with Gasteiger partial charge in [0.25, 0.3) is 27.8 Å². The van der Waals surface area contributed by atoms with Crippen LogP contribution in [-0.2, 0) is 117 Å². The van der Waals surface area contributed by atoms with Crippen LogP contribution in [0, 0.1) is 83.4 Å². The lowest BCUT2D eigenvalue weighted by Crippen LogP contribution is -2.35. The third-order valence-corrected chi connectivity index (χ3v) is 39.1. The molecule has 796 valence electrons. The number of nitrogens with zero attached hydrogens (tertiary/aromatic N) is 5. The fourth-order valence-electron chi connectivity index (χ4n) is 17.4. The fourth-order valence-corrected chi connectivity index (χ4v) is 26.4. The minimum Gasteiger partial charge on any atom is -0.396 e. The molecule has 13 N–H and O–H groups in total. The predicted molar refractivity (Wildman–Crippen MR) is 547 cm³/mol. The molecule has 5 aromatic heterocycles. The summed E-state index contributed by atoms with van der Waals surface area (Å²) in [4.78, 5) is 61.6. The summed E-state index contributed by atoms with van der Waals surface area (Å²) < 4.78 is 229. The molecule has 0 spiro atoms. The highest BCUT2D eigenvalue weighted by atomic mass is 35.5. The van der Waals surface area contributed by atoms with Gasteiger partial charge in [-0.3, -0.25) is 47.6 Å². The number of sulfonamides is 5. The number of halogens is 8. The van der Waals surface area contributed by atoms with Gasteiger partial charge in [0.05, 0.1) is 90.3 Å². The molecule has 5 aliphatic carbocycles. The second-order valence-corrected chi connectivity index (χ2v) is 49.8. The second kappa shape index (κ2) is 45.9. The molecule has 5 fully saturated rings. The number of hydrogen-bond donors (Lipinski definition) is 13. The van der Waals surface area contributed by atoms with Gasteiger partial charge in [-0.25, -0.2) is 68.4 Å². The number of anilines is 5. The molecule has 0 amide bonds. The van der Waals surface area contributed by atoms with Crippen molar-refractivity contribution in [1.29, 1.82) is 0 Å². The molecular weight excluding hydrogens is 2050 g/mol. The number of nitrogens with one attached hydrogen (secondary N) is 5. The number of aliphatic hydroxyl groups excluding tert-OH is 8. The van der Waals surface area contributed by atoms with Crippen LogP contribution >= 0.6 is 23.2 Å². The Labute approximate surface area is 852 Å². The van der Waals surface area contributed by atoms with Crippen molar-refractivity contribution < 1.29 is 109 Å². The van der Waals surface area contributed by atoms with E-state index in [1.165, 1.54) is 101 Å². The largest absolute Gasteiger partial charge is 0.396 e. The Bertz CT molecular complexity index is 6980. The first kappa shape index (κ1) is 116. The minimum absolute atomic E-state index is 0.0286. The van der Waals surface area contributed by atoms with Crippen molar-refractivity contribution in [2.24, 2.45) is 35.2 Å². The lowest BCUT2D eigenvalue weighted by atomic mass is 10.0. The number of benzene rings is 5. The number of aryl methyl sites for hydroxylation is 7. The van der Waals surface area contributed by atoms with Gasteiger partial charge >= 0.3 is 0 Å². The van der Waals surface area contributed by atoms with E-state index < -0.39 is 164 Å². The van der Waals surface area contributed by atoms with Gasteiger partial charge in [0.15, 0.2) is 5.82 Å². The molecule has 0 unspecified atom stereocenters. The number of pyridine rings is 5. The molecule has 15 rings (SSSR count). The van der Waals surface area contributed by atoms with Gasteiger partial charge in [-0.1, -0.05) is 83.9 Å². The summed E-state index contributed by atoms with van der Waals surface area (Å²) in [6.07, 6.45) is 0.242. The van der Waals surface area contributed by atoms with Crippen LogP contribution in [0.4, 0.5) is 54.8 Å². The molecule has 33 nitrogen and oxygen atoms in total. The van der Waals surface area contributed by atoms with Gasteiger partial charge in [0.1, 0.15) is 39.1 Å². The minimum atomic E-state index is -3.97. The van der Waals surface area contributed by atoms with Crippen LogP contribution in [0.15, 0.2) is 145 Å². The summed E-state index contributed by atoms with van der Waals surface area (Å²) in [5.41, 5.74) is 5.42. The Balaban J connectivity index is 0.000000174. The SMILES string of the molecule is Cc1ccc(Cc2c(NS(=O)(=O)C3(CCO)CC3)cc(C)c(=O)n2C)c(F)c1.Cc1ccc(Cc2c(NS(=O)(=O)C3(CCO)CC3)cc(F)c(=O)n2C)c(F)c1.Cc1ccc(Cc2c(NS(=O)(=O)C3(C[C@@H](O)CO)CC3)cc(Cl)c(=O)n2C)c(F)c1.Cc1ccc(Cc2c(NS(=O)(=O)C3(C[C@H](O)CO)CC3)cc(C)c(=O)n2C)c(F)c1.Cc1ccc(Cc2c(NS(=O)(=O)C3(C[C@H](O)CO)CC3)cc(Cl)c(=O)n2C)c(F)c1. The van der Waals surface area contributed by atoms with Crippen molar-refractivity contribution in [3.63, 3.8) is 0 Å². The molecular formula is C100H122Cl2F6N10O23S5. The molecule has 5 heterocycles. The van der Waals surface area contributed by atoms with Crippen molar-refractivity contribution in [3.05, 3.63) is 313 Å². The zero-order valence-electron chi connectivity index (χ0n) is 82.5. The normalized spacial score (nSPS) is 16.0. The van der Waals surface area contributed by atoms with Gasteiger partial charge in [-0.15, -0.1) is 0 Å². The van der Waals surface area contributed by atoms with Crippen molar-refractivity contribution in [3.8, 4) is 0 Å². The molecule has 0 saturated heterocycles. The van der Waals surface area contributed by atoms with Crippen LogP contribution in [0.1, 0.15) is 192 Å². The Morgan fingerprint density at radius 2 is 0.493 bits per heavy atom. The molecule has 46 heteroatoms. The monoisotopic (exact) mass is 2170 g/mol. The van der Waals surface area contributed by atoms with Crippen LogP contribution in [0.25, 0.3) is 0 Å².